The maximum absolute atomic E-state index is 12.5. The van der Waals surface area contributed by atoms with Gasteiger partial charge in [-0.05, 0) is 60.5 Å². The monoisotopic (exact) mass is 385 g/mol. The van der Waals surface area contributed by atoms with Crippen molar-refractivity contribution in [3.05, 3.63) is 77.9 Å². The van der Waals surface area contributed by atoms with Crippen molar-refractivity contribution in [2.75, 3.05) is 38.0 Å². The molecule has 148 valence electrons. The van der Waals surface area contributed by atoms with Crippen LogP contribution in [0.25, 0.3) is 10.8 Å². The summed E-state index contributed by atoms with van der Waals surface area (Å²) in [7, 11) is 0. The third kappa shape index (κ3) is 3.49. The largest absolute Gasteiger partial charge is 0.384 e. The molecule has 2 aliphatic rings. The van der Waals surface area contributed by atoms with Crippen molar-refractivity contribution in [2.24, 2.45) is 0 Å². The second-order valence-electron chi connectivity index (χ2n) is 8.34. The number of piperidine rings is 1. The van der Waals surface area contributed by atoms with Crippen molar-refractivity contribution < 1.29 is 4.79 Å². The van der Waals surface area contributed by atoms with Gasteiger partial charge in [0.2, 0.25) is 0 Å². The molecular formula is C25H27N3O. The number of benzene rings is 3. The predicted octanol–water partition coefficient (Wildman–Crippen LogP) is 4.03. The molecule has 4 heteroatoms. The lowest BCUT2D eigenvalue weighted by atomic mass is 9.74. The number of amides is 1. The van der Waals surface area contributed by atoms with E-state index in [0.717, 1.165) is 42.5 Å². The van der Waals surface area contributed by atoms with Gasteiger partial charge in [-0.2, -0.15) is 0 Å². The first-order valence-corrected chi connectivity index (χ1v) is 10.6. The lowest BCUT2D eigenvalue weighted by Crippen LogP contribution is -2.46. The molecule has 0 atom stereocenters. The molecule has 3 aromatic carbocycles. The van der Waals surface area contributed by atoms with E-state index in [2.05, 4.69) is 45.9 Å². The lowest BCUT2D eigenvalue weighted by molar-refractivity contribution is 0.0942. The fourth-order valence-corrected chi connectivity index (χ4v) is 4.87. The summed E-state index contributed by atoms with van der Waals surface area (Å²) in [6.07, 6.45) is 2.35. The first-order chi connectivity index (χ1) is 14.2. The van der Waals surface area contributed by atoms with E-state index in [-0.39, 0.29) is 5.91 Å². The zero-order valence-electron chi connectivity index (χ0n) is 16.7. The number of hydrogen-bond acceptors (Lipinski definition) is 3. The van der Waals surface area contributed by atoms with Gasteiger partial charge < -0.3 is 15.5 Å². The Morgan fingerprint density at radius 2 is 1.72 bits per heavy atom. The van der Waals surface area contributed by atoms with Gasteiger partial charge in [0.25, 0.3) is 5.91 Å². The Labute approximate surface area is 171 Å². The van der Waals surface area contributed by atoms with E-state index in [0.29, 0.717) is 12.0 Å². The molecule has 1 spiro atoms. The van der Waals surface area contributed by atoms with Gasteiger partial charge in [0.05, 0.1) is 0 Å². The number of carbonyl (C=O) groups is 1. The Morgan fingerprint density at radius 1 is 0.966 bits per heavy atom. The number of fused-ring (bicyclic) bond motifs is 3. The number of anilines is 1. The second kappa shape index (κ2) is 7.53. The molecule has 1 fully saturated rings. The van der Waals surface area contributed by atoms with Crippen LogP contribution in [0.2, 0.25) is 0 Å². The molecule has 0 radical (unpaired) electrons. The molecule has 3 aromatic rings. The third-order valence-electron chi connectivity index (χ3n) is 6.65. The van der Waals surface area contributed by atoms with Crippen LogP contribution in [0.1, 0.15) is 28.8 Å². The quantitative estimate of drug-likeness (QED) is 0.713. The highest BCUT2D eigenvalue weighted by molar-refractivity contribution is 5.98. The zero-order valence-corrected chi connectivity index (χ0v) is 16.7. The Morgan fingerprint density at radius 3 is 2.59 bits per heavy atom. The summed E-state index contributed by atoms with van der Waals surface area (Å²) in [5.41, 5.74) is 3.82. The van der Waals surface area contributed by atoms with Crippen LogP contribution in [-0.2, 0) is 5.41 Å². The van der Waals surface area contributed by atoms with Gasteiger partial charge in [0, 0.05) is 36.3 Å². The standard InChI is InChI=1S/C25H27N3O/c29-24(21-10-9-19-5-1-2-6-20(19)17-21)26-13-16-28-14-11-25(12-15-28)18-27-23-8-4-3-7-22(23)25/h1-10,17,27H,11-16,18H2,(H,26,29). The lowest BCUT2D eigenvalue weighted by Gasteiger charge is -2.39. The first-order valence-electron chi connectivity index (χ1n) is 10.6. The Hall–Kier alpha value is -2.85. The van der Waals surface area contributed by atoms with E-state index in [1.807, 2.05) is 36.4 Å². The summed E-state index contributed by atoms with van der Waals surface area (Å²) in [6.45, 7) is 4.82. The average molecular weight is 386 g/mol. The highest BCUT2D eigenvalue weighted by Gasteiger charge is 2.40. The van der Waals surface area contributed by atoms with Crippen LogP contribution < -0.4 is 10.6 Å². The van der Waals surface area contributed by atoms with Crippen LogP contribution in [-0.4, -0.2) is 43.5 Å². The van der Waals surface area contributed by atoms with Crippen molar-refractivity contribution in [2.45, 2.75) is 18.3 Å². The highest BCUT2D eigenvalue weighted by Crippen LogP contribution is 2.43. The molecule has 0 bridgehead atoms. The van der Waals surface area contributed by atoms with E-state index in [1.54, 1.807) is 0 Å². The van der Waals surface area contributed by atoms with Gasteiger partial charge in [-0.3, -0.25) is 4.79 Å². The number of hydrogen-bond donors (Lipinski definition) is 2. The van der Waals surface area contributed by atoms with E-state index in [4.69, 9.17) is 0 Å². The van der Waals surface area contributed by atoms with Crippen LogP contribution >= 0.6 is 0 Å². The van der Waals surface area contributed by atoms with Gasteiger partial charge in [-0.15, -0.1) is 0 Å². The summed E-state index contributed by atoms with van der Waals surface area (Å²) >= 11 is 0. The van der Waals surface area contributed by atoms with Gasteiger partial charge in [-0.25, -0.2) is 0 Å². The molecule has 0 aliphatic carbocycles. The minimum absolute atomic E-state index is 0.0122. The highest BCUT2D eigenvalue weighted by atomic mass is 16.1. The van der Waals surface area contributed by atoms with Crippen LogP contribution in [0.4, 0.5) is 5.69 Å². The molecule has 0 unspecified atom stereocenters. The SMILES string of the molecule is O=C(NCCN1CCC2(CC1)CNc1ccccc12)c1ccc2ccccc2c1. The Kier molecular flexibility index (Phi) is 4.72. The van der Waals surface area contributed by atoms with Crippen LogP contribution in [0.3, 0.4) is 0 Å². The molecule has 29 heavy (non-hydrogen) atoms. The van der Waals surface area contributed by atoms with Crippen LogP contribution in [0, 0.1) is 0 Å². The summed E-state index contributed by atoms with van der Waals surface area (Å²) in [5.74, 6) is 0.0122. The van der Waals surface area contributed by atoms with E-state index in [9.17, 15) is 4.79 Å². The molecule has 4 nitrogen and oxygen atoms in total. The van der Waals surface area contributed by atoms with Crippen LogP contribution in [0.5, 0.6) is 0 Å². The molecule has 1 saturated heterocycles. The third-order valence-corrected chi connectivity index (χ3v) is 6.65. The van der Waals surface area contributed by atoms with Crippen molar-refractivity contribution in [1.29, 1.82) is 0 Å². The first kappa shape index (κ1) is 18.2. The number of carbonyl (C=O) groups excluding carboxylic acids is 1. The van der Waals surface area contributed by atoms with Crippen LogP contribution in [0.15, 0.2) is 66.7 Å². The maximum Gasteiger partial charge on any atom is 0.251 e. The predicted molar refractivity (Wildman–Crippen MR) is 119 cm³/mol. The zero-order chi connectivity index (χ0) is 19.7. The normalized spacial score (nSPS) is 17.8. The van der Waals surface area contributed by atoms with Gasteiger partial charge in [0.15, 0.2) is 0 Å². The topological polar surface area (TPSA) is 44.4 Å². The summed E-state index contributed by atoms with van der Waals surface area (Å²) in [5, 5.41) is 8.95. The summed E-state index contributed by atoms with van der Waals surface area (Å²) in [6, 6.07) is 22.8. The fourth-order valence-electron chi connectivity index (χ4n) is 4.87. The Bertz CT molecular complexity index is 1040. The Balaban J connectivity index is 1.14. The molecule has 0 saturated carbocycles. The smallest absolute Gasteiger partial charge is 0.251 e. The average Bonchev–Trinajstić information content (AvgIpc) is 3.13. The van der Waals surface area contributed by atoms with Gasteiger partial charge >= 0.3 is 0 Å². The van der Waals surface area contributed by atoms with E-state index >= 15 is 0 Å². The summed E-state index contributed by atoms with van der Waals surface area (Å²) in [4.78, 5) is 15.0. The number of para-hydroxylation sites is 1. The number of nitrogens with zero attached hydrogens (tertiary/aromatic N) is 1. The minimum atomic E-state index is 0.0122. The summed E-state index contributed by atoms with van der Waals surface area (Å²) < 4.78 is 0. The van der Waals surface area contributed by atoms with Gasteiger partial charge in [-0.1, -0.05) is 48.5 Å². The fraction of sp³-hybridized carbons (Fsp3) is 0.320. The van der Waals surface area contributed by atoms with E-state index < -0.39 is 0 Å². The molecular weight excluding hydrogens is 358 g/mol. The van der Waals surface area contributed by atoms with Crippen molar-refractivity contribution in [3.8, 4) is 0 Å². The molecule has 1 amide bonds. The van der Waals surface area contributed by atoms with Crippen molar-refractivity contribution in [1.82, 2.24) is 10.2 Å². The number of rotatable bonds is 4. The molecule has 2 heterocycles. The number of likely N-dealkylation sites (tertiary alicyclic amines) is 1. The molecule has 2 N–H and O–H groups in total. The second-order valence-corrected chi connectivity index (χ2v) is 8.34. The van der Waals surface area contributed by atoms with Crippen molar-refractivity contribution >= 4 is 22.4 Å². The van der Waals surface area contributed by atoms with E-state index in [1.165, 1.54) is 24.1 Å². The minimum Gasteiger partial charge on any atom is -0.384 e. The molecule has 5 rings (SSSR count). The maximum atomic E-state index is 12.5. The molecule has 2 aliphatic heterocycles. The molecule has 0 aromatic heterocycles. The number of nitrogens with one attached hydrogen (secondary N) is 2. The van der Waals surface area contributed by atoms with Gasteiger partial charge in [0.1, 0.15) is 0 Å². The van der Waals surface area contributed by atoms with Crippen molar-refractivity contribution in [3.63, 3.8) is 0 Å².